The van der Waals surface area contributed by atoms with Crippen molar-refractivity contribution >= 4 is 28.3 Å². The maximum Gasteiger partial charge on any atom is 0.248 e. The molecule has 0 bridgehead atoms. The Morgan fingerprint density at radius 3 is 2.43 bits per heavy atom. The first-order valence-corrected chi connectivity index (χ1v) is 10.8. The summed E-state index contributed by atoms with van der Waals surface area (Å²) in [6.45, 7) is 8.66. The van der Waals surface area contributed by atoms with Gasteiger partial charge in [0.1, 0.15) is 17.7 Å². The number of nitrogens with one attached hydrogen (secondary N) is 3. The molecule has 1 aromatic carbocycles. The van der Waals surface area contributed by atoms with Crippen molar-refractivity contribution in [2.45, 2.75) is 59.0 Å². The van der Waals surface area contributed by atoms with Gasteiger partial charge in [-0.05, 0) is 44.5 Å². The highest BCUT2D eigenvalue weighted by molar-refractivity contribution is 7.16. The Morgan fingerprint density at radius 1 is 1.17 bits per heavy atom. The van der Waals surface area contributed by atoms with Gasteiger partial charge in [-0.3, -0.25) is 9.59 Å². The third kappa shape index (κ3) is 6.84. The number of carbonyl (C=O) groups is 2. The monoisotopic (exact) mass is 438 g/mol. The molecule has 0 fully saturated rings. The van der Waals surface area contributed by atoms with Crippen LogP contribution >= 0.6 is 11.3 Å². The van der Waals surface area contributed by atoms with E-state index in [0.29, 0.717) is 18.0 Å². The minimum absolute atomic E-state index is 0.121. The van der Waals surface area contributed by atoms with Gasteiger partial charge in [-0.2, -0.15) is 0 Å². The van der Waals surface area contributed by atoms with E-state index in [1.807, 2.05) is 27.7 Å². The maximum atomic E-state index is 13.3. The molecule has 30 heavy (non-hydrogen) atoms. The molecule has 6 nitrogen and oxygen atoms in total. The van der Waals surface area contributed by atoms with Gasteiger partial charge < -0.3 is 16.0 Å². The molecule has 0 radical (unpaired) electrons. The molecule has 0 saturated carbocycles. The van der Waals surface area contributed by atoms with Gasteiger partial charge in [0, 0.05) is 17.0 Å². The molecule has 0 aliphatic carbocycles. The zero-order valence-electron chi connectivity index (χ0n) is 17.6. The normalized spacial score (nSPS) is 13.0. The summed E-state index contributed by atoms with van der Waals surface area (Å²) in [6.07, 6.45) is 0.884. The smallest absolute Gasteiger partial charge is 0.248 e. The Kier molecular flexibility index (Phi) is 8.86. The van der Waals surface area contributed by atoms with Gasteiger partial charge in [0.25, 0.3) is 0 Å². The highest BCUT2D eigenvalue weighted by atomic mass is 32.1. The standard InChI is InChI=1S/C21H28F2N4O2S/c1-5-7-17(26-18(28)10-14-8-15(22)11-16(23)9-14)20(29)27-21-25-13(4)19(30-21)12(3)24-6-2/h8-9,11-12,17,24H,5-7,10H2,1-4H3,(H,26,28)(H,25,27,29)/t12?,17-/m0/s1. The van der Waals surface area contributed by atoms with Crippen LogP contribution in [-0.2, 0) is 16.0 Å². The van der Waals surface area contributed by atoms with Crippen LogP contribution in [0, 0.1) is 18.6 Å². The van der Waals surface area contributed by atoms with E-state index >= 15 is 0 Å². The Morgan fingerprint density at radius 2 is 1.83 bits per heavy atom. The van der Waals surface area contributed by atoms with Gasteiger partial charge in [-0.1, -0.05) is 31.6 Å². The maximum absolute atomic E-state index is 13.3. The van der Waals surface area contributed by atoms with Gasteiger partial charge in [0.2, 0.25) is 11.8 Å². The zero-order valence-corrected chi connectivity index (χ0v) is 18.5. The predicted octanol–water partition coefficient (Wildman–Crippen LogP) is 3.87. The third-order valence-corrected chi connectivity index (χ3v) is 5.74. The molecule has 9 heteroatoms. The number of thiazole rings is 1. The number of aromatic nitrogens is 1. The van der Waals surface area contributed by atoms with Gasteiger partial charge in [-0.25, -0.2) is 13.8 Å². The van der Waals surface area contributed by atoms with Crippen LogP contribution in [0.4, 0.5) is 13.9 Å². The summed E-state index contributed by atoms with van der Waals surface area (Å²) in [5, 5.41) is 9.23. The first kappa shape index (κ1) is 23.9. The largest absolute Gasteiger partial charge is 0.344 e. The lowest BCUT2D eigenvalue weighted by molar-refractivity contribution is -0.126. The van der Waals surface area contributed by atoms with Crippen molar-refractivity contribution in [3.05, 3.63) is 46.0 Å². The average Bonchev–Trinajstić information content (AvgIpc) is 3.00. The Hall–Kier alpha value is -2.39. The minimum atomic E-state index is -0.764. The van der Waals surface area contributed by atoms with E-state index in [0.717, 1.165) is 35.3 Å². The highest BCUT2D eigenvalue weighted by Crippen LogP contribution is 2.28. The number of aryl methyl sites for hydroxylation is 1. The Labute approximate surface area is 179 Å². The van der Waals surface area contributed by atoms with E-state index in [9.17, 15) is 18.4 Å². The number of nitrogens with zero attached hydrogens (tertiary/aromatic N) is 1. The van der Waals surface area contributed by atoms with Crippen LogP contribution in [0.1, 0.15) is 55.8 Å². The number of halogens is 2. The molecular formula is C21H28F2N4O2S. The Bertz CT molecular complexity index is 868. The molecule has 2 aromatic rings. The lowest BCUT2D eigenvalue weighted by Gasteiger charge is -2.17. The molecule has 3 N–H and O–H groups in total. The van der Waals surface area contributed by atoms with Crippen molar-refractivity contribution in [3.8, 4) is 0 Å². The molecule has 1 unspecified atom stereocenters. The van der Waals surface area contributed by atoms with E-state index in [-0.39, 0.29) is 23.9 Å². The van der Waals surface area contributed by atoms with Gasteiger partial charge in [-0.15, -0.1) is 0 Å². The first-order valence-electron chi connectivity index (χ1n) is 9.99. The van der Waals surface area contributed by atoms with Crippen LogP contribution in [0.5, 0.6) is 0 Å². The SMILES string of the molecule is CCC[C@H](NC(=O)Cc1cc(F)cc(F)c1)C(=O)Nc1nc(C)c(C(C)NCC)s1. The number of carbonyl (C=O) groups excluding carboxylic acids is 2. The molecule has 0 spiro atoms. The number of rotatable bonds is 10. The van der Waals surface area contributed by atoms with E-state index < -0.39 is 23.6 Å². The number of anilines is 1. The third-order valence-electron chi connectivity index (χ3n) is 4.48. The first-order chi connectivity index (χ1) is 14.2. The fourth-order valence-electron chi connectivity index (χ4n) is 3.16. The van der Waals surface area contributed by atoms with E-state index in [2.05, 4.69) is 20.9 Å². The van der Waals surface area contributed by atoms with Crippen molar-refractivity contribution < 1.29 is 18.4 Å². The second kappa shape index (κ2) is 11.1. The summed E-state index contributed by atoms with van der Waals surface area (Å²) >= 11 is 1.39. The molecule has 164 valence electrons. The summed E-state index contributed by atoms with van der Waals surface area (Å²) in [4.78, 5) is 30.5. The lowest BCUT2D eigenvalue weighted by atomic mass is 10.1. The fraction of sp³-hybridized carbons (Fsp3) is 0.476. The molecule has 0 aliphatic rings. The highest BCUT2D eigenvalue weighted by Gasteiger charge is 2.22. The average molecular weight is 439 g/mol. The molecule has 1 heterocycles. The predicted molar refractivity (Wildman–Crippen MR) is 114 cm³/mol. The van der Waals surface area contributed by atoms with E-state index in [1.165, 1.54) is 11.3 Å². The summed E-state index contributed by atoms with van der Waals surface area (Å²) < 4.78 is 26.7. The summed E-state index contributed by atoms with van der Waals surface area (Å²) in [7, 11) is 0. The van der Waals surface area contributed by atoms with Crippen LogP contribution in [0.2, 0.25) is 0 Å². The summed E-state index contributed by atoms with van der Waals surface area (Å²) in [6, 6.07) is 2.30. The van der Waals surface area contributed by atoms with Gasteiger partial charge in [0.15, 0.2) is 5.13 Å². The zero-order chi connectivity index (χ0) is 22.3. The molecule has 0 saturated heterocycles. The molecular weight excluding hydrogens is 410 g/mol. The quantitative estimate of drug-likeness (QED) is 0.526. The van der Waals surface area contributed by atoms with Crippen LogP contribution in [-0.4, -0.2) is 29.4 Å². The second-order valence-electron chi connectivity index (χ2n) is 7.10. The fourth-order valence-corrected chi connectivity index (χ4v) is 4.15. The van der Waals surface area contributed by atoms with Crippen molar-refractivity contribution in [1.29, 1.82) is 0 Å². The van der Waals surface area contributed by atoms with Crippen LogP contribution in [0.3, 0.4) is 0 Å². The summed E-state index contributed by atoms with van der Waals surface area (Å²) in [5.74, 6) is -2.35. The Balaban J connectivity index is 2.03. The number of hydrogen-bond acceptors (Lipinski definition) is 5. The lowest BCUT2D eigenvalue weighted by Crippen LogP contribution is -2.44. The van der Waals surface area contributed by atoms with Crippen molar-refractivity contribution in [1.82, 2.24) is 15.6 Å². The van der Waals surface area contributed by atoms with E-state index in [4.69, 9.17) is 0 Å². The van der Waals surface area contributed by atoms with Gasteiger partial charge in [0.05, 0.1) is 12.1 Å². The molecule has 2 amide bonds. The van der Waals surface area contributed by atoms with Crippen LogP contribution < -0.4 is 16.0 Å². The van der Waals surface area contributed by atoms with Gasteiger partial charge >= 0.3 is 0 Å². The molecule has 2 rings (SSSR count). The van der Waals surface area contributed by atoms with Crippen LogP contribution in [0.25, 0.3) is 0 Å². The molecule has 0 aliphatic heterocycles. The number of amides is 2. The van der Waals surface area contributed by atoms with E-state index in [1.54, 1.807) is 0 Å². The summed E-state index contributed by atoms with van der Waals surface area (Å²) in [5.41, 5.74) is 1.05. The topological polar surface area (TPSA) is 83.1 Å². The van der Waals surface area contributed by atoms with Crippen LogP contribution in [0.15, 0.2) is 18.2 Å². The number of benzene rings is 1. The number of hydrogen-bond donors (Lipinski definition) is 3. The van der Waals surface area contributed by atoms with Crippen molar-refractivity contribution in [2.75, 3.05) is 11.9 Å². The van der Waals surface area contributed by atoms with Crippen molar-refractivity contribution in [3.63, 3.8) is 0 Å². The van der Waals surface area contributed by atoms with Crippen molar-refractivity contribution in [2.24, 2.45) is 0 Å². The minimum Gasteiger partial charge on any atom is -0.344 e. The molecule has 1 aromatic heterocycles. The molecule has 2 atom stereocenters. The second-order valence-corrected chi connectivity index (χ2v) is 8.13.